The van der Waals surface area contributed by atoms with Gasteiger partial charge in [0.05, 0.1) is 23.7 Å². The first-order valence-electron chi connectivity index (χ1n) is 11.7. The number of aryl methyl sites for hydroxylation is 1. The first-order valence-corrected chi connectivity index (χ1v) is 12.9. The molecular weight excluding hydrogens is 595 g/mol. The summed E-state index contributed by atoms with van der Waals surface area (Å²) >= 11 is 6.99. The minimum atomic E-state index is -4.95. The average Bonchev–Trinajstić information content (AvgIpc) is 3.45. The number of furan rings is 1. The van der Waals surface area contributed by atoms with Crippen LogP contribution in [0.5, 0.6) is 5.75 Å². The third-order valence-corrected chi connectivity index (χ3v) is 7.22. The Hall–Kier alpha value is -3.86. The van der Waals surface area contributed by atoms with E-state index in [1.165, 1.54) is 41.1 Å². The highest BCUT2D eigenvalue weighted by molar-refractivity contribution is 7.07. The topological polar surface area (TPSA) is 153 Å². The molecule has 3 aromatic rings. The molecule has 3 N–H and O–H groups in total. The van der Waals surface area contributed by atoms with E-state index < -0.39 is 49.5 Å². The van der Waals surface area contributed by atoms with Gasteiger partial charge in [-0.15, -0.1) is 24.5 Å². The van der Waals surface area contributed by atoms with E-state index >= 15 is 0 Å². The largest absolute Gasteiger partial charge is 0.573 e. The molecule has 3 heterocycles. The number of alkyl halides is 3. The lowest BCUT2D eigenvalue weighted by Gasteiger charge is -2.35. The van der Waals surface area contributed by atoms with Crippen molar-refractivity contribution in [2.24, 2.45) is 10.7 Å². The Morgan fingerprint density at radius 1 is 1.27 bits per heavy atom. The fourth-order valence-electron chi connectivity index (χ4n) is 4.03. The second-order valence-electron chi connectivity index (χ2n) is 8.75. The summed E-state index contributed by atoms with van der Waals surface area (Å²) in [6.07, 6.45) is -6.53. The number of anilines is 1. The number of benzene rings is 1. The van der Waals surface area contributed by atoms with Crippen LogP contribution in [0.4, 0.5) is 19.1 Å². The predicted molar refractivity (Wildman–Crippen MR) is 139 cm³/mol. The number of halogens is 4. The number of rotatable bonds is 7. The summed E-state index contributed by atoms with van der Waals surface area (Å²) in [5.74, 6) is -2.20. The Morgan fingerprint density at radius 2 is 1.98 bits per heavy atom. The summed E-state index contributed by atoms with van der Waals surface area (Å²) in [4.78, 5) is 44.3. The average molecular weight is 618 g/mol. The number of carbonyl (C=O) groups excluding carboxylic acids is 3. The molecule has 41 heavy (non-hydrogen) atoms. The Bertz CT molecular complexity index is 1580. The van der Waals surface area contributed by atoms with Crippen molar-refractivity contribution in [1.82, 2.24) is 9.47 Å². The molecule has 220 valence electrons. The summed E-state index contributed by atoms with van der Waals surface area (Å²) in [6, 6.07) is 3.54. The molecular formula is C24H23ClF3N5O7S. The molecule has 4 rings (SSSR count). The fourth-order valence-corrected chi connectivity index (χ4v) is 5.16. The maximum atomic E-state index is 13.1. The summed E-state index contributed by atoms with van der Waals surface area (Å²) in [5, 5.41) is 11.4. The van der Waals surface area contributed by atoms with Crippen LogP contribution in [0.3, 0.4) is 0 Å². The highest BCUT2D eigenvalue weighted by atomic mass is 35.5. The molecule has 2 amide bonds. The SMILES string of the molecule is Cc1oc2c(c1CC(=O)N=c1scc(-c3ccc(OC(F)(F)F)c(Cl)c3)n1COC(=O)CN)C(=O)N(C)C(O)N2C. The number of amides is 2. The third kappa shape index (κ3) is 6.24. The van der Waals surface area contributed by atoms with E-state index in [1.807, 2.05) is 0 Å². The first kappa shape index (κ1) is 30.1. The van der Waals surface area contributed by atoms with Gasteiger partial charge in [0.1, 0.15) is 17.1 Å². The molecule has 2 aromatic heterocycles. The van der Waals surface area contributed by atoms with Gasteiger partial charge in [0, 0.05) is 30.6 Å². The summed E-state index contributed by atoms with van der Waals surface area (Å²) in [7, 11) is 2.93. The lowest BCUT2D eigenvalue weighted by molar-refractivity contribution is -0.274. The van der Waals surface area contributed by atoms with E-state index in [1.54, 1.807) is 6.92 Å². The maximum Gasteiger partial charge on any atom is 0.573 e. The van der Waals surface area contributed by atoms with Crippen molar-refractivity contribution in [3.05, 3.63) is 50.3 Å². The van der Waals surface area contributed by atoms with Gasteiger partial charge in [-0.25, -0.2) is 0 Å². The lowest BCUT2D eigenvalue weighted by Crippen LogP contribution is -2.51. The quantitative estimate of drug-likeness (QED) is 0.381. The highest BCUT2D eigenvalue weighted by Crippen LogP contribution is 2.36. The molecule has 0 bridgehead atoms. The van der Waals surface area contributed by atoms with Crippen molar-refractivity contribution in [2.45, 2.75) is 32.8 Å². The number of thiazole rings is 1. The summed E-state index contributed by atoms with van der Waals surface area (Å²) < 4.78 is 54.0. The van der Waals surface area contributed by atoms with E-state index in [-0.39, 0.29) is 39.0 Å². The third-order valence-electron chi connectivity index (χ3n) is 6.06. The lowest BCUT2D eigenvalue weighted by atomic mass is 10.0. The van der Waals surface area contributed by atoms with E-state index in [4.69, 9.17) is 26.5 Å². The molecule has 1 aliphatic rings. The molecule has 17 heteroatoms. The number of aliphatic hydroxyl groups is 1. The molecule has 0 saturated heterocycles. The predicted octanol–water partition coefficient (Wildman–Crippen LogP) is 2.60. The Labute approximate surface area is 238 Å². The second kappa shape index (κ2) is 11.6. The minimum Gasteiger partial charge on any atom is -0.445 e. The number of hydrogen-bond acceptors (Lipinski definition) is 10. The zero-order chi connectivity index (χ0) is 30.2. The van der Waals surface area contributed by atoms with Crippen LogP contribution in [0.1, 0.15) is 21.7 Å². The Kier molecular flexibility index (Phi) is 8.49. The van der Waals surface area contributed by atoms with Crippen molar-refractivity contribution < 1.29 is 46.6 Å². The van der Waals surface area contributed by atoms with Gasteiger partial charge >= 0.3 is 12.3 Å². The van der Waals surface area contributed by atoms with E-state index in [0.29, 0.717) is 11.3 Å². The molecule has 0 fully saturated rings. The molecule has 0 aliphatic carbocycles. The van der Waals surface area contributed by atoms with Crippen molar-refractivity contribution in [1.29, 1.82) is 0 Å². The van der Waals surface area contributed by atoms with E-state index in [9.17, 15) is 32.7 Å². The van der Waals surface area contributed by atoms with Crippen molar-refractivity contribution in [2.75, 3.05) is 25.5 Å². The molecule has 1 unspecified atom stereocenters. The van der Waals surface area contributed by atoms with Crippen LogP contribution in [0, 0.1) is 6.92 Å². The van der Waals surface area contributed by atoms with Crippen molar-refractivity contribution >= 4 is 46.6 Å². The fraction of sp³-hybridized carbons (Fsp3) is 0.333. The summed E-state index contributed by atoms with van der Waals surface area (Å²) in [6.45, 7) is 0.725. The van der Waals surface area contributed by atoms with Crippen molar-refractivity contribution in [3.8, 4) is 17.0 Å². The van der Waals surface area contributed by atoms with Gasteiger partial charge in [-0.1, -0.05) is 11.6 Å². The molecule has 0 radical (unpaired) electrons. The zero-order valence-electron chi connectivity index (χ0n) is 21.7. The number of ether oxygens (including phenoxy) is 2. The van der Waals surface area contributed by atoms with Crippen LogP contribution in [-0.4, -0.2) is 65.7 Å². The van der Waals surface area contributed by atoms with Gasteiger partial charge in [-0.2, -0.15) is 4.99 Å². The smallest absolute Gasteiger partial charge is 0.445 e. The monoisotopic (exact) mass is 617 g/mol. The number of nitrogens with two attached hydrogens (primary N) is 1. The molecule has 1 aromatic carbocycles. The van der Waals surface area contributed by atoms with Crippen LogP contribution in [0.15, 0.2) is 33.0 Å². The van der Waals surface area contributed by atoms with Crippen LogP contribution in [-0.2, 0) is 27.5 Å². The van der Waals surface area contributed by atoms with Gasteiger partial charge in [-0.3, -0.25) is 23.9 Å². The normalized spacial score (nSPS) is 15.8. The van der Waals surface area contributed by atoms with E-state index in [0.717, 1.165) is 22.3 Å². The van der Waals surface area contributed by atoms with Crippen LogP contribution >= 0.6 is 22.9 Å². The van der Waals surface area contributed by atoms with Crippen molar-refractivity contribution in [3.63, 3.8) is 0 Å². The number of aliphatic hydroxyl groups excluding tert-OH is 1. The highest BCUT2D eigenvalue weighted by Gasteiger charge is 2.39. The zero-order valence-corrected chi connectivity index (χ0v) is 23.3. The van der Waals surface area contributed by atoms with Gasteiger partial charge in [-0.05, 0) is 25.1 Å². The molecule has 1 aliphatic heterocycles. The molecule has 0 spiro atoms. The maximum absolute atomic E-state index is 13.1. The van der Waals surface area contributed by atoms with Gasteiger partial charge in [0.15, 0.2) is 11.5 Å². The molecule has 1 atom stereocenters. The summed E-state index contributed by atoms with van der Waals surface area (Å²) in [5.41, 5.74) is 6.35. The number of aromatic nitrogens is 1. The first-order chi connectivity index (χ1) is 19.2. The second-order valence-corrected chi connectivity index (χ2v) is 9.99. The Balaban J connectivity index is 1.70. The minimum absolute atomic E-state index is 0.0764. The molecule has 0 saturated carbocycles. The van der Waals surface area contributed by atoms with Gasteiger partial charge in [0.2, 0.25) is 12.2 Å². The van der Waals surface area contributed by atoms with E-state index in [2.05, 4.69) is 9.73 Å². The molecule has 12 nitrogen and oxygen atoms in total. The number of carbonyl (C=O) groups is 3. The van der Waals surface area contributed by atoms with Crippen LogP contribution in [0.2, 0.25) is 5.02 Å². The number of hydrogen-bond donors (Lipinski definition) is 2. The standard InChI is InChI=1S/C24H23ClF3N5O7S/c1-11-13(19-20(36)31(2)23(37)32(3)21(19)39-11)7-17(34)30-22-33(10-38-18(35)8-29)15(9-41-22)12-4-5-16(14(25)6-12)40-24(26,27)28/h4-6,9,23,37H,7-8,10,29H2,1-3H3. The van der Waals surface area contributed by atoms with Gasteiger partial charge in [0.25, 0.3) is 11.8 Å². The number of fused-ring (bicyclic) bond motifs is 1. The number of esters is 1. The van der Waals surface area contributed by atoms with Crippen LogP contribution < -0.4 is 20.2 Å². The number of nitrogens with zero attached hydrogens (tertiary/aromatic N) is 4. The van der Waals surface area contributed by atoms with Crippen LogP contribution in [0.25, 0.3) is 11.3 Å². The Morgan fingerprint density at radius 3 is 2.61 bits per heavy atom. The van der Waals surface area contributed by atoms with Gasteiger partial charge < -0.3 is 29.6 Å².